The van der Waals surface area contributed by atoms with Crippen LogP contribution in [0.15, 0.2) is 60.7 Å². The van der Waals surface area contributed by atoms with Crippen LogP contribution in [-0.2, 0) is 0 Å². The average Bonchev–Trinajstić information content (AvgIpc) is 2.53. The molecule has 2 rings (SSSR count). The first-order valence-corrected chi connectivity index (χ1v) is 6.15. The average molecular weight is 259 g/mol. The lowest BCUT2D eigenvalue weighted by Gasteiger charge is -2.19. The monoisotopic (exact) mass is 259 g/mol. The second-order valence-corrected chi connectivity index (χ2v) is 4.24. The van der Waals surface area contributed by atoms with E-state index in [0.717, 1.165) is 16.9 Å². The molecule has 0 saturated carbocycles. The summed E-state index contributed by atoms with van der Waals surface area (Å²) in [4.78, 5) is 2.06. The van der Waals surface area contributed by atoms with Crippen LogP contribution in [0.4, 0.5) is 11.4 Å². The van der Waals surface area contributed by atoms with Gasteiger partial charge in [-0.1, -0.05) is 30.3 Å². The first-order chi connectivity index (χ1) is 9.76. The molecule has 0 spiro atoms. The smallest absolute Gasteiger partial charge is 0.101 e. The van der Waals surface area contributed by atoms with Crippen molar-refractivity contribution in [1.82, 2.24) is 0 Å². The summed E-state index contributed by atoms with van der Waals surface area (Å²) >= 11 is 0. The van der Waals surface area contributed by atoms with Crippen molar-refractivity contribution in [3.63, 3.8) is 0 Å². The number of para-hydroxylation sites is 1. The van der Waals surface area contributed by atoms with Crippen molar-refractivity contribution >= 4 is 16.9 Å². The van der Waals surface area contributed by atoms with Gasteiger partial charge in [-0.3, -0.25) is 0 Å². The number of benzene rings is 2. The Labute approximate surface area is 118 Å². The number of nitrogens with zero attached hydrogens (tertiary/aromatic N) is 3. The van der Waals surface area contributed by atoms with Gasteiger partial charge in [0.15, 0.2) is 0 Å². The van der Waals surface area contributed by atoms with Crippen LogP contribution >= 0.6 is 0 Å². The molecular formula is C17H13N3. The maximum atomic E-state index is 8.99. The normalized spacial score (nSPS) is 10.4. The zero-order valence-corrected chi connectivity index (χ0v) is 11.1. The fourth-order valence-corrected chi connectivity index (χ4v) is 1.91. The largest absolute Gasteiger partial charge is 0.345 e. The van der Waals surface area contributed by atoms with E-state index in [4.69, 9.17) is 10.5 Å². The highest BCUT2D eigenvalue weighted by Gasteiger charge is 2.05. The standard InChI is InChI=1S/C17H13N3/c1-20(16-5-3-2-4-6-16)17-9-7-14(8-10-17)15(13-19)11-12-18/h2-11H,1H3. The van der Waals surface area contributed by atoms with Crippen LogP contribution in [0.3, 0.4) is 0 Å². The summed E-state index contributed by atoms with van der Waals surface area (Å²) in [6, 6.07) is 21.5. The van der Waals surface area contributed by atoms with Gasteiger partial charge in [-0.25, -0.2) is 0 Å². The summed E-state index contributed by atoms with van der Waals surface area (Å²) in [5.74, 6) is 0. The van der Waals surface area contributed by atoms with Crippen LogP contribution in [0, 0.1) is 22.7 Å². The molecule has 0 fully saturated rings. The first-order valence-electron chi connectivity index (χ1n) is 6.15. The molecule has 20 heavy (non-hydrogen) atoms. The molecule has 0 radical (unpaired) electrons. The molecule has 0 saturated heterocycles. The van der Waals surface area contributed by atoms with Crippen molar-refractivity contribution in [2.75, 3.05) is 11.9 Å². The van der Waals surface area contributed by atoms with E-state index in [1.165, 1.54) is 6.08 Å². The van der Waals surface area contributed by atoms with E-state index in [0.29, 0.717) is 5.57 Å². The van der Waals surface area contributed by atoms with Gasteiger partial charge in [-0.05, 0) is 29.8 Å². The zero-order chi connectivity index (χ0) is 14.4. The van der Waals surface area contributed by atoms with Crippen LogP contribution in [0.5, 0.6) is 0 Å². The van der Waals surface area contributed by atoms with Crippen LogP contribution in [0.1, 0.15) is 5.56 Å². The van der Waals surface area contributed by atoms with E-state index in [-0.39, 0.29) is 0 Å². The van der Waals surface area contributed by atoms with Crippen LogP contribution < -0.4 is 4.90 Å². The van der Waals surface area contributed by atoms with E-state index in [1.54, 1.807) is 0 Å². The fraction of sp³-hybridized carbons (Fsp3) is 0.0588. The molecule has 3 heteroatoms. The van der Waals surface area contributed by atoms with Gasteiger partial charge >= 0.3 is 0 Å². The van der Waals surface area contributed by atoms with Crippen molar-refractivity contribution in [2.24, 2.45) is 0 Å². The van der Waals surface area contributed by atoms with E-state index in [1.807, 2.05) is 73.8 Å². The summed E-state index contributed by atoms with van der Waals surface area (Å²) in [6.07, 6.45) is 1.26. The molecule has 0 aromatic heterocycles. The zero-order valence-electron chi connectivity index (χ0n) is 11.1. The summed E-state index contributed by atoms with van der Waals surface area (Å²) in [6.45, 7) is 0. The molecule has 0 amide bonds. The number of allylic oxidation sites excluding steroid dienone is 2. The van der Waals surface area contributed by atoms with Gasteiger partial charge in [0.05, 0.1) is 11.6 Å². The minimum atomic E-state index is 0.376. The van der Waals surface area contributed by atoms with Crippen molar-refractivity contribution in [3.05, 3.63) is 66.2 Å². The van der Waals surface area contributed by atoms with E-state index in [9.17, 15) is 0 Å². The molecule has 0 N–H and O–H groups in total. The predicted molar refractivity (Wildman–Crippen MR) is 80.2 cm³/mol. The lowest BCUT2D eigenvalue weighted by molar-refractivity contribution is 1.21. The van der Waals surface area contributed by atoms with Gasteiger partial charge in [-0.15, -0.1) is 0 Å². The van der Waals surface area contributed by atoms with Gasteiger partial charge in [0.2, 0.25) is 0 Å². The third kappa shape index (κ3) is 2.85. The molecule has 0 aliphatic heterocycles. The minimum Gasteiger partial charge on any atom is -0.345 e. The summed E-state index contributed by atoms with van der Waals surface area (Å²) in [5.41, 5.74) is 3.24. The number of rotatable bonds is 3. The Hall–Kier alpha value is -3.04. The Morgan fingerprint density at radius 1 is 0.950 bits per heavy atom. The molecule has 3 nitrogen and oxygen atoms in total. The van der Waals surface area contributed by atoms with Crippen LogP contribution in [-0.4, -0.2) is 7.05 Å². The lowest BCUT2D eigenvalue weighted by Crippen LogP contribution is -2.08. The Balaban J connectivity index is 2.28. The minimum absolute atomic E-state index is 0.376. The number of anilines is 2. The molecule has 0 heterocycles. The fourth-order valence-electron chi connectivity index (χ4n) is 1.91. The van der Waals surface area contributed by atoms with Crippen molar-refractivity contribution < 1.29 is 0 Å². The second kappa shape index (κ2) is 6.22. The SMILES string of the molecule is CN(c1ccccc1)c1ccc(C(C#N)=CC#N)cc1. The molecule has 96 valence electrons. The number of nitriles is 2. The van der Waals surface area contributed by atoms with Gasteiger partial charge in [0, 0.05) is 24.5 Å². The molecule has 0 aliphatic carbocycles. The molecule has 2 aromatic rings. The van der Waals surface area contributed by atoms with E-state index < -0.39 is 0 Å². The Morgan fingerprint density at radius 3 is 2.10 bits per heavy atom. The third-order valence-electron chi connectivity index (χ3n) is 3.04. The molecule has 2 aromatic carbocycles. The van der Waals surface area contributed by atoms with Gasteiger partial charge in [0.25, 0.3) is 0 Å². The molecule has 0 atom stereocenters. The quantitative estimate of drug-likeness (QED) is 0.786. The third-order valence-corrected chi connectivity index (χ3v) is 3.04. The molecule has 0 bridgehead atoms. The van der Waals surface area contributed by atoms with Crippen LogP contribution in [0.2, 0.25) is 0 Å². The second-order valence-electron chi connectivity index (χ2n) is 4.24. The Morgan fingerprint density at radius 2 is 1.55 bits per heavy atom. The highest BCUT2D eigenvalue weighted by molar-refractivity contribution is 5.79. The Kier molecular flexibility index (Phi) is 4.17. The van der Waals surface area contributed by atoms with E-state index in [2.05, 4.69) is 4.90 Å². The van der Waals surface area contributed by atoms with Crippen molar-refractivity contribution in [1.29, 1.82) is 10.5 Å². The maximum absolute atomic E-state index is 8.99. The summed E-state index contributed by atoms with van der Waals surface area (Å²) in [5, 5.41) is 17.6. The van der Waals surface area contributed by atoms with Crippen LogP contribution in [0.25, 0.3) is 5.57 Å². The Bertz CT molecular complexity index is 686. The molecule has 0 aliphatic rings. The highest BCUT2D eigenvalue weighted by atomic mass is 15.1. The maximum Gasteiger partial charge on any atom is 0.101 e. The summed E-state index contributed by atoms with van der Waals surface area (Å²) < 4.78 is 0. The predicted octanol–water partition coefficient (Wildman–Crippen LogP) is 3.89. The summed E-state index contributed by atoms with van der Waals surface area (Å²) in [7, 11) is 1.99. The van der Waals surface area contributed by atoms with E-state index >= 15 is 0 Å². The van der Waals surface area contributed by atoms with Crippen molar-refractivity contribution in [2.45, 2.75) is 0 Å². The first kappa shape index (κ1) is 13.4. The highest BCUT2D eigenvalue weighted by Crippen LogP contribution is 2.24. The van der Waals surface area contributed by atoms with Crippen molar-refractivity contribution in [3.8, 4) is 12.1 Å². The van der Waals surface area contributed by atoms with Gasteiger partial charge in [-0.2, -0.15) is 10.5 Å². The van der Waals surface area contributed by atoms with Gasteiger partial charge in [0.1, 0.15) is 6.07 Å². The number of hydrogen-bond donors (Lipinski definition) is 0. The lowest BCUT2D eigenvalue weighted by atomic mass is 10.1. The van der Waals surface area contributed by atoms with Gasteiger partial charge < -0.3 is 4.90 Å². The molecule has 0 unspecified atom stereocenters. The molecular weight excluding hydrogens is 246 g/mol. The number of hydrogen-bond acceptors (Lipinski definition) is 3. The topological polar surface area (TPSA) is 50.8 Å².